The van der Waals surface area contributed by atoms with Crippen LogP contribution in [0.5, 0.6) is 0 Å². The molecule has 0 atom stereocenters. The maximum absolute atomic E-state index is 2.43. The summed E-state index contributed by atoms with van der Waals surface area (Å²) in [6.45, 7) is 13.8. The second-order valence-corrected chi connectivity index (χ2v) is 14.8. The summed E-state index contributed by atoms with van der Waals surface area (Å²) in [5.74, 6) is 0. The van der Waals surface area contributed by atoms with E-state index < -0.39 is 0 Å². The summed E-state index contributed by atoms with van der Waals surface area (Å²) in [7, 11) is 0. The normalized spacial score (nSPS) is 12.6. The van der Waals surface area contributed by atoms with Gasteiger partial charge in [-0.2, -0.15) is 0 Å². The molecule has 6 aromatic carbocycles. The first-order chi connectivity index (χ1) is 22.1. The SMILES string of the molecule is CC(C)(C)c1ccc2c(c1)c1cc(C(C)(C)C)ccc1n2-c1ccc(-c2ccc(-n3c4ccccc4c4ccccc43)cc2)cc1. The smallest absolute Gasteiger partial charge is 0.0541 e. The third-order valence-corrected chi connectivity index (χ3v) is 9.66. The molecule has 0 N–H and O–H groups in total. The van der Waals surface area contributed by atoms with Crippen LogP contribution >= 0.6 is 0 Å². The number of aromatic nitrogens is 2. The molecule has 0 radical (unpaired) electrons. The molecule has 0 amide bonds. The summed E-state index contributed by atoms with van der Waals surface area (Å²) in [4.78, 5) is 0. The minimum absolute atomic E-state index is 0.0863. The maximum Gasteiger partial charge on any atom is 0.0541 e. The molecule has 2 heterocycles. The molecule has 0 aliphatic carbocycles. The van der Waals surface area contributed by atoms with Gasteiger partial charge in [0.15, 0.2) is 0 Å². The van der Waals surface area contributed by atoms with E-state index in [1.165, 1.54) is 77.2 Å². The van der Waals surface area contributed by atoms with Gasteiger partial charge in [-0.3, -0.25) is 0 Å². The van der Waals surface area contributed by atoms with Gasteiger partial charge in [-0.25, -0.2) is 0 Å². The first kappa shape index (κ1) is 28.4. The topological polar surface area (TPSA) is 9.86 Å². The Bertz CT molecular complexity index is 2280. The zero-order valence-electron chi connectivity index (χ0n) is 27.6. The Morgan fingerprint density at radius 2 is 0.696 bits per heavy atom. The van der Waals surface area contributed by atoms with E-state index in [1.807, 2.05) is 0 Å². The lowest BCUT2D eigenvalue weighted by molar-refractivity contribution is 0.590. The highest BCUT2D eigenvalue weighted by atomic mass is 15.0. The molecule has 0 unspecified atom stereocenters. The monoisotopic (exact) mass is 596 g/mol. The highest BCUT2D eigenvalue weighted by Gasteiger charge is 2.21. The van der Waals surface area contributed by atoms with Crippen LogP contribution in [-0.4, -0.2) is 9.13 Å². The molecule has 226 valence electrons. The second-order valence-electron chi connectivity index (χ2n) is 14.8. The Morgan fingerprint density at radius 1 is 0.348 bits per heavy atom. The van der Waals surface area contributed by atoms with E-state index in [1.54, 1.807) is 0 Å². The maximum atomic E-state index is 2.43. The third-order valence-electron chi connectivity index (χ3n) is 9.66. The fraction of sp³-hybridized carbons (Fsp3) is 0.182. The van der Waals surface area contributed by atoms with Crippen molar-refractivity contribution in [3.05, 3.63) is 145 Å². The Morgan fingerprint density at radius 3 is 1.07 bits per heavy atom. The predicted octanol–water partition coefficient (Wildman–Crippen LogP) is 12.1. The number of fused-ring (bicyclic) bond motifs is 6. The van der Waals surface area contributed by atoms with Crippen LogP contribution in [0.4, 0.5) is 0 Å². The first-order valence-electron chi connectivity index (χ1n) is 16.4. The Hall–Kier alpha value is -5.08. The third kappa shape index (κ3) is 4.55. The Labute approximate surface area is 271 Å². The Kier molecular flexibility index (Phi) is 6.31. The van der Waals surface area contributed by atoms with Crippen molar-refractivity contribution in [2.75, 3.05) is 0 Å². The molecule has 8 aromatic rings. The van der Waals surface area contributed by atoms with Crippen molar-refractivity contribution >= 4 is 43.6 Å². The largest absolute Gasteiger partial charge is 0.309 e. The summed E-state index contributed by atoms with van der Waals surface area (Å²) in [6, 6.07) is 49.4. The zero-order valence-corrected chi connectivity index (χ0v) is 27.6. The first-order valence-corrected chi connectivity index (χ1v) is 16.4. The van der Waals surface area contributed by atoms with Crippen molar-refractivity contribution in [2.45, 2.75) is 52.4 Å². The summed E-state index contributed by atoms with van der Waals surface area (Å²) >= 11 is 0. The molecule has 8 rings (SSSR count). The highest BCUT2D eigenvalue weighted by Crippen LogP contribution is 2.38. The van der Waals surface area contributed by atoms with Crippen molar-refractivity contribution in [1.29, 1.82) is 0 Å². The summed E-state index contributed by atoms with van der Waals surface area (Å²) in [5, 5.41) is 5.20. The van der Waals surface area contributed by atoms with Crippen LogP contribution in [0.1, 0.15) is 52.7 Å². The number of nitrogens with zero attached hydrogens (tertiary/aromatic N) is 2. The molecular weight excluding hydrogens is 556 g/mol. The van der Waals surface area contributed by atoms with Crippen LogP contribution in [0.2, 0.25) is 0 Å². The number of hydrogen-bond acceptors (Lipinski definition) is 0. The Balaban J connectivity index is 1.20. The molecule has 0 fully saturated rings. The van der Waals surface area contributed by atoms with Crippen LogP contribution < -0.4 is 0 Å². The minimum Gasteiger partial charge on any atom is -0.309 e. The van der Waals surface area contributed by atoms with Gasteiger partial charge < -0.3 is 9.13 Å². The van der Waals surface area contributed by atoms with Crippen LogP contribution in [0, 0.1) is 0 Å². The van der Waals surface area contributed by atoms with Crippen LogP contribution in [0.15, 0.2) is 133 Å². The minimum atomic E-state index is 0.0863. The van der Waals surface area contributed by atoms with Gasteiger partial charge in [-0.15, -0.1) is 0 Å². The van der Waals surface area contributed by atoms with Crippen molar-refractivity contribution < 1.29 is 0 Å². The van der Waals surface area contributed by atoms with Crippen LogP contribution in [0.3, 0.4) is 0 Å². The average Bonchev–Trinajstić information content (AvgIpc) is 3.56. The summed E-state index contributed by atoms with van der Waals surface area (Å²) < 4.78 is 4.80. The van der Waals surface area contributed by atoms with E-state index >= 15 is 0 Å². The van der Waals surface area contributed by atoms with Crippen molar-refractivity contribution in [1.82, 2.24) is 9.13 Å². The number of para-hydroxylation sites is 2. The second kappa shape index (κ2) is 10.2. The molecule has 0 saturated heterocycles. The number of benzene rings is 6. The molecule has 0 spiro atoms. The fourth-order valence-corrected chi connectivity index (χ4v) is 7.04. The van der Waals surface area contributed by atoms with Crippen molar-refractivity contribution in [3.8, 4) is 22.5 Å². The lowest BCUT2D eigenvalue weighted by Crippen LogP contribution is -2.10. The van der Waals surface area contributed by atoms with Crippen LogP contribution in [0.25, 0.3) is 66.1 Å². The van der Waals surface area contributed by atoms with Gasteiger partial charge in [0.2, 0.25) is 0 Å². The van der Waals surface area contributed by atoms with E-state index in [2.05, 4.69) is 184 Å². The number of rotatable bonds is 3. The summed E-state index contributed by atoms with van der Waals surface area (Å²) in [6.07, 6.45) is 0. The van der Waals surface area contributed by atoms with E-state index in [9.17, 15) is 0 Å². The fourth-order valence-electron chi connectivity index (χ4n) is 7.04. The van der Waals surface area contributed by atoms with Gasteiger partial charge in [0.1, 0.15) is 0 Å². The standard InChI is InChI=1S/C44H40N2/c1-43(2,3)31-19-25-41-37(27-31)38-28-32(44(4,5)6)20-26-42(38)46(41)34-23-17-30(18-24-34)29-15-21-33(22-16-29)45-39-13-9-7-11-35(39)36-12-8-10-14-40(36)45/h7-28H,1-6H3. The molecule has 0 saturated carbocycles. The van der Waals surface area contributed by atoms with Crippen LogP contribution in [-0.2, 0) is 10.8 Å². The molecular formula is C44H40N2. The molecule has 0 aliphatic rings. The molecule has 46 heavy (non-hydrogen) atoms. The van der Waals surface area contributed by atoms with Gasteiger partial charge in [0.25, 0.3) is 0 Å². The van der Waals surface area contributed by atoms with Gasteiger partial charge in [0, 0.05) is 32.9 Å². The van der Waals surface area contributed by atoms with Crippen molar-refractivity contribution in [2.24, 2.45) is 0 Å². The molecule has 2 heteroatoms. The number of hydrogen-bond donors (Lipinski definition) is 0. The lowest BCUT2D eigenvalue weighted by atomic mass is 9.85. The van der Waals surface area contributed by atoms with E-state index in [4.69, 9.17) is 0 Å². The van der Waals surface area contributed by atoms with E-state index in [0.717, 1.165) is 0 Å². The van der Waals surface area contributed by atoms with Crippen molar-refractivity contribution in [3.63, 3.8) is 0 Å². The quantitative estimate of drug-likeness (QED) is 0.192. The van der Waals surface area contributed by atoms with E-state index in [0.29, 0.717) is 0 Å². The predicted molar refractivity (Wildman–Crippen MR) is 198 cm³/mol. The lowest BCUT2D eigenvalue weighted by Gasteiger charge is -2.19. The van der Waals surface area contributed by atoms with Gasteiger partial charge in [-0.05, 0) is 93.7 Å². The zero-order chi connectivity index (χ0) is 31.8. The molecule has 0 bridgehead atoms. The van der Waals surface area contributed by atoms with Gasteiger partial charge in [-0.1, -0.05) is 114 Å². The average molecular weight is 597 g/mol. The molecule has 0 aliphatic heterocycles. The molecule has 2 aromatic heterocycles. The highest BCUT2D eigenvalue weighted by molar-refractivity contribution is 6.10. The summed E-state index contributed by atoms with van der Waals surface area (Å²) in [5.41, 5.74) is 12.6. The van der Waals surface area contributed by atoms with E-state index in [-0.39, 0.29) is 10.8 Å². The van der Waals surface area contributed by atoms with Gasteiger partial charge in [0.05, 0.1) is 22.1 Å². The molecule has 2 nitrogen and oxygen atoms in total. The van der Waals surface area contributed by atoms with Gasteiger partial charge >= 0.3 is 0 Å².